The number of benzene rings is 1. The molecular formula is C13H18FN. The molecule has 0 saturated carbocycles. The molecule has 2 heteroatoms. The molecule has 1 N–H and O–H groups in total. The highest BCUT2D eigenvalue weighted by molar-refractivity contribution is 5.35. The third kappa shape index (κ3) is 1.78. The SMILES string of the molecule is CCC1NCc2cccc(F)c2C1CC. The van der Waals surface area contributed by atoms with Gasteiger partial charge in [-0.25, -0.2) is 4.39 Å². The summed E-state index contributed by atoms with van der Waals surface area (Å²) in [6.45, 7) is 5.10. The van der Waals surface area contributed by atoms with Crippen molar-refractivity contribution >= 4 is 0 Å². The maximum Gasteiger partial charge on any atom is 0.127 e. The van der Waals surface area contributed by atoms with Gasteiger partial charge in [-0.1, -0.05) is 26.0 Å². The normalized spacial score (nSPS) is 25.0. The maximum atomic E-state index is 13.8. The topological polar surface area (TPSA) is 12.0 Å². The fourth-order valence-corrected chi connectivity index (χ4v) is 2.65. The highest BCUT2D eigenvalue weighted by Crippen LogP contribution is 2.33. The minimum Gasteiger partial charge on any atom is -0.309 e. The second kappa shape index (κ2) is 4.31. The monoisotopic (exact) mass is 207 g/mol. The van der Waals surface area contributed by atoms with Gasteiger partial charge in [-0.15, -0.1) is 0 Å². The quantitative estimate of drug-likeness (QED) is 0.785. The molecule has 1 aromatic rings. The van der Waals surface area contributed by atoms with Crippen LogP contribution in [0, 0.1) is 5.82 Å². The molecule has 0 spiro atoms. The number of nitrogens with one attached hydrogen (secondary N) is 1. The fraction of sp³-hybridized carbons (Fsp3) is 0.538. The van der Waals surface area contributed by atoms with Crippen molar-refractivity contribution in [3.8, 4) is 0 Å². The van der Waals surface area contributed by atoms with Crippen molar-refractivity contribution in [2.75, 3.05) is 0 Å². The molecule has 1 heterocycles. The first-order valence-electron chi connectivity index (χ1n) is 5.78. The average Bonchev–Trinajstić information content (AvgIpc) is 2.28. The Balaban J connectivity index is 2.44. The lowest BCUT2D eigenvalue weighted by Gasteiger charge is -2.33. The van der Waals surface area contributed by atoms with Gasteiger partial charge in [0.05, 0.1) is 0 Å². The zero-order valence-corrected chi connectivity index (χ0v) is 9.39. The van der Waals surface area contributed by atoms with Gasteiger partial charge in [0.2, 0.25) is 0 Å². The molecule has 82 valence electrons. The second-order valence-electron chi connectivity index (χ2n) is 4.22. The van der Waals surface area contributed by atoms with Crippen molar-refractivity contribution in [3.63, 3.8) is 0 Å². The van der Waals surface area contributed by atoms with E-state index in [9.17, 15) is 4.39 Å². The van der Waals surface area contributed by atoms with Gasteiger partial charge in [-0.3, -0.25) is 0 Å². The van der Waals surface area contributed by atoms with E-state index in [0.29, 0.717) is 12.0 Å². The van der Waals surface area contributed by atoms with Crippen LogP contribution in [0.5, 0.6) is 0 Å². The van der Waals surface area contributed by atoms with Crippen LogP contribution in [0.25, 0.3) is 0 Å². The van der Waals surface area contributed by atoms with Crippen LogP contribution in [0.2, 0.25) is 0 Å². The standard InChI is InChI=1S/C13H18FN/c1-3-10-12(4-2)15-8-9-6-5-7-11(14)13(9)10/h5-7,10,12,15H,3-4,8H2,1-2H3. The Bertz CT molecular complexity index is 348. The summed E-state index contributed by atoms with van der Waals surface area (Å²) in [5, 5.41) is 3.49. The van der Waals surface area contributed by atoms with Crippen LogP contribution in [-0.2, 0) is 6.54 Å². The molecule has 1 aliphatic heterocycles. The lowest BCUT2D eigenvalue weighted by atomic mass is 9.81. The zero-order chi connectivity index (χ0) is 10.8. The van der Waals surface area contributed by atoms with Gasteiger partial charge in [0.15, 0.2) is 0 Å². The van der Waals surface area contributed by atoms with E-state index in [0.717, 1.165) is 30.5 Å². The Morgan fingerprint density at radius 2 is 2.13 bits per heavy atom. The van der Waals surface area contributed by atoms with Gasteiger partial charge in [-0.2, -0.15) is 0 Å². The molecule has 0 aromatic heterocycles. The predicted molar refractivity (Wildman–Crippen MR) is 60.4 cm³/mol. The van der Waals surface area contributed by atoms with Crippen molar-refractivity contribution < 1.29 is 4.39 Å². The van der Waals surface area contributed by atoms with Gasteiger partial charge in [0.25, 0.3) is 0 Å². The largest absolute Gasteiger partial charge is 0.309 e. The highest BCUT2D eigenvalue weighted by atomic mass is 19.1. The second-order valence-corrected chi connectivity index (χ2v) is 4.22. The minimum atomic E-state index is -0.0284. The summed E-state index contributed by atoms with van der Waals surface area (Å²) in [4.78, 5) is 0. The number of hydrogen-bond donors (Lipinski definition) is 1. The summed E-state index contributed by atoms with van der Waals surface area (Å²) in [6.07, 6.45) is 2.06. The molecule has 0 fully saturated rings. The van der Waals surface area contributed by atoms with E-state index >= 15 is 0 Å². The van der Waals surface area contributed by atoms with Crippen LogP contribution >= 0.6 is 0 Å². The summed E-state index contributed by atoms with van der Waals surface area (Å²) in [5.74, 6) is 0.305. The van der Waals surface area contributed by atoms with Gasteiger partial charge in [0, 0.05) is 18.5 Å². The van der Waals surface area contributed by atoms with Crippen LogP contribution in [0.15, 0.2) is 18.2 Å². The van der Waals surface area contributed by atoms with Gasteiger partial charge < -0.3 is 5.32 Å². The van der Waals surface area contributed by atoms with Crippen LogP contribution in [0.4, 0.5) is 4.39 Å². The van der Waals surface area contributed by atoms with E-state index < -0.39 is 0 Å². The third-order valence-electron chi connectivity index (χ3n) is 3.43. The Morgan fingerprint density at radius 3 is 2.80 bits per heavy atom. The minimum absolute atomic E-state index is 0.0284. The van der Waals surface area contributed by atoms with Crippen LogP contribution in [0.3, 0.4) is 0 Å². The van der Waals surface area contributed by atoms with Gasteiger partial charge in [0.1, 0.15) is 5.82 Å². The third-order valence-corrected chi connectivity index (χ3v) is 3.43. The van der Waals surface area contributed by atoms with E-state index in [1.807, 2.05) is 6.07 Å². The van der Waals surface area contributed by atoms with Crippen molar-refractivity contribution in [3.05, 3.63) is 35.1 Å². The van der Waals surface area contributed by atoms with E-state index in [4.69, 9.17) is 0 Å². The lowest BCUT2D eigenvalue weighted by molar-refractivity contribution is 0.371. The van der Waals surface area contributed by atoms with Crippen molar-refractivity contribution in [1.82, 2.24) is 5.32 Å². The Kier molecular flexibility index (Phi) is 3.06. The molecule has 1 aliphatic rings. The molecule has 2 rings (SSSR count). The fourth-order valence-electron chi connectivity index (χ4n) is 2.65. The summed E-state index contributed by atoms with van der Waals surface area (Å²) in [7, 11) is 0. The zero-order valence-electron chi connectivity index (χ0n) is 9.39. The van der Waals surface area contributed by atoms with Crippen LogP contribution in [0.1, 0.15) is 43.7 Å². The summed E-state index contributed by atoms with van der Waals surface area (Å²) < 4.78 is 13.8. The molecular weight excluding hydrogens is 189 g/mol. The first-order valence-corrected chi connectivity index (χ1v) is 5.78. The number of hydrogen-bond acceptors (Lipinski definition) is 1. The van der Waals surface area contributed by atoms with Crippen molar-refractivity contribution in [1.29, 1.82) is 0 Å². The average molecular weight is 207 g/mol. The molecule has 0 bridgehead atoms. The maximum absolute atomic E-state index is 13.8. The van der Waals surface area contributed by atoms with E-state index in [1.54, 1.807) is 12.1 Å². The molecule has 15 heavy (non-hydrogen) atoms. The number of fused-ring (bicyclic) bond motifs is 1. The molecule has 2 unspecified atom stereocenters. The van der Waals surface area contributed by atoms with Gasteiger partial charge >= 0.3 is 0 Å². The van der Waals surface area contributed by atoms with Crippen molar-refractivity contribution in [2.45, 2.75) is 45.2 Å². The van der Waals surface area contributed by atoms with Crippen molar-refractivity contribution in [2.24, 2.45) is 0 Å². The molecule has 0 radical (unpaired) electrons. The van der Waals surface area contributed by atoms with Crippen LogP contribution in [-0.4, -0.2) is 6.04 Å². The molecule has 0 amide bonds. The van der Waals surface area contributed by atoms with E-state index in [2.05, 4.69) is 19.2 Å². The lowest BCUT2D eigenvalue weighted by Crippen LogP contribution is -2.39. The Labute approximate surface area is 90.7 Å². The molecule has 0 aliphatic carbocycles. The van der Waals surface area contributed by atoms with Crippen LogP contribution < -0.4 is 5.32 Å². The Morgan fingerprint density at radius 1 is 1.33 bits per heavy atom. The Hall–Kier alpha value is -0.890. The van der Waals surface area contributed by atoms with Gasteiger partial charge in [-0.05, 0) is 30.0 Å². The first-order chi connectivity index (χ1) is 7.27. The summed E-state index contributed by atoms with van der Waals surface area (Å²) in [6, 6.07) is 5.84. The molecule has 2 atom stereocenters. The number of rotatable bonds is 2. The first kappa shape index (κ1) is 10.6. The number of halogens is 1. The molecule has 1 nitrogen and oxygen atoms in total. The van der Waals surface area contributed by atoms with E-state index in [1.165, 1.54) is 0 Å². The molecule has 1 aromatic carbocycles. The molecule has 0 saturated heterocycles. The smallest absolute Gasteiger partial charge is 0.127 e. The highest BCUT2D eigenvalue weighted by Gasteiger charge is 2.28. The van der Waals surface area contributed by atoms with E-state index in [-0.39, 0.29) is 5.82 Å². The summed E-state index contributed by atoms with van der Waals surface area (Å²) >= 11 is 0. The summed E-state index contributed by atoms with van der Waals surface area (Å²) in [5.41, 5.74) is 2.08. The predicted octanol–water partition coefficient (Wildman–Crippen LogP) is 3.20.